The minimum Gasteiger partial charge on any atom is -0.325 e. The van der Waals surface area contributed by atoms with Crippen molar-refractivity contribution >= 4 is 11.4 Å². The molecule has 0 radical (unpaired) electrons. The van der Waals surface area contributed by atoms with E-state index in [2.05, 4.69) is 35.7 Å². The standard InChI is InChI=1S/C13H14N2/c14-12-5-1-10(2-6-12)9-11-3-7-13(15)8-4-11/h1-8H,9,14-15H2/p+2. The van der Waals surface area contributed by atoms with Gasteiger partial charge in [-0.3, -0.25) is 0 Å². The Bertz CT molecular complexity index is 386. The SMILES string of the molecule is [NH3+]c1ccc(Cc2ccc([NH3+])cc2)cc1. The van der Waals surface area contributed by atoms with Crippen molar-refractivity contribution in [2.75, 3.05) is 0 Å². The highest BCUT2D eigenvalue weighted by molar-refractivity contribution is 5.36. The lowest BCUT2D eigenvalue weighted by Crippen LogP contribution is -2.39. The van der Waals surface area contributed by atoms with Crippen LogP contribution in [-0.2, 0) is 6.42 Å². The molecular weight excluding hydrogens is 184 g/mol. The largest absolute Gasteiger partial charge is 0.325 e. The first-order valence-corrected chi connectivity index (χ1v) is 5.06. The first-order chi connectivity index (χ1) is 7.24. The Balaban J connectivity index is 2.15. The van der Waals surface area contributed by atoms with Crippen LogP contribution in [0.3, 0.4) is 0 Å². The maximum Gasteiger partial charge on any atom is 0.127 e. The predicted octanol–water partition coefficient (Wildman–Crippen LogP) is 1.02. The lowest BCUT2D eigenvalue weighted by molar-refractivity contribution is -0.255. The quantitative estimate of drug-likeness (QED) is 0.727. The van der Waals surface area contributed by atoms with Crippen LogP contribution in [0.1, 0.15) is 11.1 Å². The molecule has 2 rings (SSSR count). The fourth-order valence-electron chi connectivity index (χ4n) is 1.55. The molecule has 0 atom stereocenters. The summed E-state index contributed by atoms with van der Waals surface area (Å²) in [5, 5.41) is 0. The molecule has 6 N–H and O–H groups in total. The highest BCUT2D eigenvalue weighted by Crippen LogP contribution is 2.12. The minimum atomic E-state index is 0.973. The van der Waals surface area contributed by atoms with Gasteiger partial charge in [0.05, 0.1) is 0 Å². The molecule has 0 saturated heterocycles. The van der Waals surface area contributed by atoms with Gasteiger partial charge < -0.3 is 11.5 Å². The van der Waals surface area contributed by atoms with Crippen LogP contribution in [0, 0.1) is 0 Å². The van der Waals surface area contributed by atoms with Crippen molar-refractivity contribution in [1.82, 2.24) is 0 Å². The number of hydrogen-bond acceptors (Lipinski definition) is 0. The van der Waals surface area contributed by atoms with Crippen LogP contribution in [0.5, 0.6) is 0 Å². The van der Waals surface area contributed by atoms with Gasteiger partial charge in [0.1, 0.15) is 11.4 Å². The average Bonchev–Trinajstić information content (AvgIpc) is 2.25. The van der Waals surface area contributed by atoms with E-state index in [-0.39, 0.29) is 0 Å². The maximum absolute atomic E-state index is 3.87. The van der Waals surface area contributed by atoms with Crippen LogP contribution in [0.2, 0.25) is 0 Å². The van der Waals surface area contributed by atoms with E-state index in [4.69, 9.17) is 0 Å². The topological polar surface area (TPSA) is 55.3 Å². The first-order valence-electron chi connectivity index (χ1n) is 5.06. The molecule has 0 unspecified atom stereocenters. The Morgan fingerprint density at radius 1 is 0.600 bits per heavy atom. The lowest BCUT2D eigenvalue weighted by Gasteiger charge is -2.01. The van der Waals surface area contributed by atoms with Crippen molar-refractivity contribution in [3.8, 4) is 0 Å². The fourth-order valence-corrected chi connectivity index (χ4v) is 1.55. The molecule has 0 bridgehead atoms. The van der Waals surface area contributed by atoms with Crippen molar-refractivity contribution in [3.05, 3.63) is 59.7 Å². The van der Waals surface area contributed by atoms with Crippen molar-refractivity contribution in [3.63, 3.8) is 0 Å². The van der Waals surface area contributed by atoms with Crippen molar-refractivity contribution < 1.29 is 11.5 Å². The van der Waals surface area contributed by atoms with E-state index < -0.39 is 0 Å². The van der Waals surface area contributed by atoms with Gasteiger partial charge in [0, 0.05) is 0 Å². The molecule has 0 aliphatic heterocycles. The third-order valence-electron chi connectivity index (χ3n) is 2.45. The predicted molar refractivity (Wildman–Crippen MR) is 60.8 cm³/mol. The summed E-state index contributed by atoms with van der Waals surface area (Å²) in [5.41, 5.74) is 12.5. The summed E-state index contributed by atoms with van der Waals surface area (Å²) in [7, 11) is 0. The molecule has 0 heterocycles. The number of rotatable bonds is 2. The number of quaternary nitrogens is 2. The second-order valence-electron chi connectivity index (χ2n) is 3.81. The van der Waals surface area contributed by atoms with Gasteiger partial charge in [-0.05, 0) is 41.8 Å². The third-order valence-corrected chi connectivity index (χ3v) is 2.45. The van der Waals surface area contributed by atoms with Gasteiger partial charge in [-0.25, -0.2) is 0 Å². The van der Waals surface area contributed by atoms with Gasteiger partial charge in [0.2, 0.25) is 0 Å². The Hall–Kier alpha value is -1.64. The smallest absolute Gasteiger partial charge is 0.127 e. The monoisotopic (exact) mass is 200 g/mol. The van der Waals surface area contributed by atoms with E-state index >= 15 is 0 Å². The van der Waals surface area contributed by atoms with Crippen LogP contribution in [0.15, 0.2) is 48.5 Å². The molecule has 0 aliphatic carbocycles. The molecular formula is C13H16N2+2. The molecule has 2 nitrogen and oxygen atoms in total. The summed E-state index contributed by atoms with van der Waals surface area (Å²) in [6, 6.07) is 16.7. The second-order valence-corrected chi connectivity index (χ2v) is 3.81. The second kappa shape index (κ2) is 4.26. The average molecular weight is 200 g/mol. The van der Waals surface area contributed by atoms with E-state index in [9.17, 15) is 0 Å². The van der Waals surface area contributed by atoms with E-state index in [0.717, 1.165) is 17.8 Å². The summed E-state index contributed by atoms with van der Waals surface area (Å²) in [6.45, 7) is 0. The first kappa shape index (κ1) is 9.90. The Morgan fingerprint density at radius 3 is 1.27 bits per heavy atom. The number of benzene rings is 2. The molecule has 0 aliphatic rings. The van der Waals surface area contributed by atoms with Gasteiger partial charge >= 0.3 is 0 Å². The Kier molecular flexibility index (Phi) is 2.81. The highest BCUT2D eigenvalue weighted by atomic mass is 14.5. The van der Waals surface area contributed by atoms with Crippen LogP contribution in [-0.4, -0.2) is 0 Å². The van der Waals surface area contributed by atoms with E-state index in [0.29, 0.717) is 0 Å². The van der Waals surface area contributed by atoms with Gasteiger partial charge in [0.25, 0.3) is 0 Å². The van der Waals surface area contributed by atoms with Crippen LogP contribution in [0.4, 0.5) is 11.4 Å². The highest BCUT2D eigenvalue weighted by Gasteiger charge is 1.97. The Labute approximate surface area is 89.5 Å². The summed E-state index contributed by atoms with van der Waals surface area (Å²) in [5.74, 6) is 0. The lowest BCUT2D eigenvalue weighted by atomic mass is 10.0. The van der Waals surface area contributed by atoms with Gasteiger partial charge in [-0.2, -0.15) is 0 Å². The van der Waals surface area contributed by atoms with E-state index in [1.54, 1.807) is 0 Å². The molecule has 0 saturated carbocycles. The van der Waals surface area contributed by atoms with Gasteiger partial charge in [0.15, 0.2) is 0 Å². The molecule has 2 aromatic rings. The Morgan fingerprint density at radius 2 is 0.933 bits per heavy atom. The molecule has 2 heteroatoms. The van der Waals surface area contributed by atoms with E-state index in [1.807, 2.05) is 24.3 Å². The normalized spacial score (nSPS) is 10.3. The summed E-state index contributed by atoms with van der Waals surface area (Å²) in [4.78, 5) is 0. The van der Waals surface area contributed by atoms with Gasteiger partial charge in [-0.1, -0.05) is 24.3 Å². The van der Waals surface area contributed by atoms with E-state index in [1.165, 1.54) is 11.1 Å². The zero-order chi connectivity index (χ0) is 10.7. The molecule has 0 amide bonds. The molecule has 0 aromatic heterocycles. The summed E-state index contributed by atoms with van der Waals surface area (Å²) < 4.78 is 0. The molecule has 76 valence electrons. The number of hydrogen-bond donors (Lipinski definition) is 2. The van der Waals surface area contributed by atoms with Crippen molar-refractivity contribution in [2.24, 2.45) is 0 Å². The zero-order valence-corrected chi connectivity index (χ0v) is 8.74. The molecule has 0 spiro atoms. The molecule has 15 heavy (non-hydrogen) atoms. The van der Waals surface area contributed by atoms with Crippen molar-refractivity contribution in [2.45, 2.75) is 6.42 Å². The van der Waals surface area contributed by atoms with Crippen LogP contribution in [0.25, 0.3) is 0 Å². The van der Waals surface area contributed by atoms with Gasteiger partial charge in [-0.15, -0.1) is 0 Å². The summed E-state index contributed by atoms with van der Waals surface area (Å²) >= 11 is 0. The maximum atomic E-state index is 3.87. The minimum absolute atomic E-state index is 0.973. The zero-order valence-electron chi connectivity index (χ0n) is 8.74. The third kappa shape index (κ3) is 2.65. The molecule has 0 fully saturated rings. The van der Waals surface area contributed by atoms with Crippen LogP contribution >= 0.6 is 0 Å². The summed E-state index contributed by atoms with van der Waals surface area (Å²) in [6.07, 6.45) is 0.973. The fraction of sp³-hybridized carbons (Fsp3) is 0.0769. The van der Waals surface area contributed by atoms with Crippen molar-refractivity contribution in [1.29, 1.82) is 0 Å². The molecule has 2 aromatic carbocycles. The van der Waals surface area contributed by atoms with Crippen LogP contribution < -0.4 is 11.5 Å².